The molecule has 0 atom stereocenters. The first-order valence-electron chi connectivity index (χ1n) is 5.84. The molecule has 0 spiro atoms. The zero-order valence-electron chi connectivity index (χ0n) is 11.1. The summed E-state index contributed by atoms with van der Waals surface area (Å²) in [4.78, 5) is 1.26. The highest BCUT2D eigenvalue weighted by molar-refractivity contribution is 7.89. The first-order valence-corrected chi connectivity index (χ1v) is 7.32. The number of rotatable bonds is 4. The molecular weight excluding hydrogens is 323 g/mol. The maximum atomic E-state index is 12.6. The van der Waals surface area contributed by atoms with Crippen molar-refractivity contribution in [2.45, 2.75) is 18.0 Å². The molecule has 1 aromatic heterocycles. The Kier molecular flexibility index (Phi) is 4.22. The van der Waals surface area contributed by atoms with Crippen molar-refractivity contribution in [2.24, 2.45) is 5.10 Å². The highest BCUT2D eigenvalue weighted by atomic mass is 32.2. The van der Waals surface area contributed by atoms with Crippen LogP contribution in [0.2, 0.25) is 0 Å². The van der Waals surface area contributed by atoms with Gasteiger partial charge in [-0.3, -0.25) is 0 Å². The molecule has 0 unspecified atom stereocenters. The van der Waals surface area contributed by atoms with Crippen molar-refractivity contribution in [3.8, 4) is 0 Å². The van der Waals surface area contributed by atoms with E-state index in [-0.39, 0.29) is 5.69 Å². The molecule has 0 saturated heterocycles. The van der Waals surface area contributed by atoms with E-state index < -0.39 is 26.7 Å². The lowest BCUT2D eigenvalue weighted by Gasteiger charge is -2.08. The molecule has 0 bridgehead atoms. The lowest BCUT2D eigenvalue weighted by atomic mass is 10.2. The number of alkyl halides is 3. The fraction of sp³-hybridized carbons (Fsp3) is 0.167. The van der Waals surface area contributed by atoms with Crippen molar-refractivity contribution in [1.82, 2.24) is 9.99 Å². The van der Waals surface area contributed by atoms with Crippen LogP contribution in [0, 0.1) is 6.92 Å². The zero-order chi connectivity index (χ0) is 16.4. The van der Waals surface area contributed by atoms with E-state index in [2.05, 4.69) is 10.3 Å². The number of hydrazone groups is 1. The number of nitrogens with one attached hydrogen (secondary N) is 1. The van der Waals surface area contributed by atoms with Crippen LogP contribution in [0.25, 0.3) is 0 Å². The van der Waals surface area contributed by atoms with Gasteiger partial charge in [0.05, 0.1) is 16.7 Å². The molecule has 1 aromatic carbocycles. The Morgan fingerprint density at radius 2 is 2.05 bits per heavy atom. The summed E-state index contributed by atoms with van der Waals surface area (Å²) in [6.07, 6.45) is -3.56. The van der Waals surface area contributed by atoms with Crippen LogP contribution in [-0.4, -0.2) is 19.8 Å². The van der Waals surface area contributed by atoms with Gasteiger partial charge in [-0.25, -0.2) is 4.83 Å². The second-order valence-electron chi connectivity index (χ2n) is 4.24. The summed E-state index contributed by atoms with van der Waals surface area (Å²) < 4.78 is 66.2. The molecule has 118 valence electrons. The molecular formula is C12H10F3N3O3S. The third kappa shape index (κ3) is 3.85. The summed E-state index contributed by atoms with van der Waals surface area (Å²) in [5.74, 6) is 0.502. The van der Waals surface area contributed by atoms with Crippen molar-refractivity contribution in [3.05, 3.63) is 47.3 Å². The molecule has 0 aliphatic rings. The van der Waals surface area contributed by atoms with Gasteiger partial charge < -0.3 is 4.52 Å². The predicted octanol–water partition coefficient (Wildman–Crippen LogP) is 2.31. The molecule has 22 heavy (non-hydrogen) atoms. The van der Waals surface area contributed by atoms with Crippen molar-refractivity contribution >= 4 is 16.2 Å². The summed E-state index contributed by atoms with van der Waals surface area (Å²) >= 11 is 0. The minimum absolute atomic E-state index is 0.268. The predicted molar refractivity (Wildman–Crippen MR) is 70.6 cm³/mol. The fourth-order valence-corrected chi connectivity index (χ4v) is 2.34. The van der Waals surface area contributed by atoms with E-state index in [1.807, 2.05) is 0 Å². The van der Waals surface area contributed by atoms with Crippen LogP contribution in [0.3, 0.4) is 0 Å². The van der Waals surface area contributed by atoms with E-state index in [1.54, 1.807) is 11.8 Å². The molecule has 0 fully saturated rings. The highest BCUT2D eigenvalue weighted by Crippen LogP contribution is 2.30. The third-order valence-electron chi connectivity index (χ3n) is 2.49. The van der Waals surface area contributed by atoms with Gasteiger partial charge >= 0.3 is 6.18 Å². The second-order valence-corrected chi connectivity index (χ2v) is 5.90. The first kappa shape index (κ1) is 16.0. The molecule has 0 amide bonds. The van der Waals surface area contributed by atoms with Crippen LogP contribution in [0.5, 0.6) is 0 Å². The summed E-state index contributed by atoms with van der Waals surface area (Å²) in [7, 11) is -4.21. The Morgan fingerprint density at radius 1 is 1.32 bits per heavy atom. The number of hydrogen-bond acceptors (Lipinski definition) is 5. The molecule has 2 rings (SSSR count). The average molecular weight is 333 g/mol. The number of hydrogen-bond donors (Lipinski definition) is 1. The normalized spacial score (nSPS) is 12.7. The van der Waals surface area contributed by atoms with Crippen molar-refractivity contribution in [1.29, 1.82) is 0 Å². The third-order valence-corrected chi connectivity index (χ3v) is 3.71. The van der Waals surface area contributed by atoms with Crippen LogP contribution < -0.4 is 4.83 Å². The minimum atomic E-state index is -4.63. The maximum Gasteiger partial charge on any atom is 0.416 e. The number of benzene rings is 1. The second kappa shape index (κ2) is 5.79. The van der Waals surface area contributed by atoms with Gasteiger partial charge in [-0.15, -0.1) is 0 Å². The molecule has 0 saturated carbocycles. The Labute approximate surface area is 123 Å². The SMILES string of the molecule is Cc1cc(C=NNS(=O)(=O)c2cccc(C(F)(F)F)c2)no1. The summed E-state index contributed by atoms with van der Waals surface area (Å²) in [6.45, 7) is 1.64. The number of sulfonamides is 1. The number of nitrogens with zero attached hydrogens (tertiary/aromatic N) is 2. The molecule has 2 aromatic rings. The monoisotopic (exact) mass is 333 g/mol. The van der Waals surface area contributed by atoms with Crippen molar-refractivity contribution in [3.63, 3.8) is 0 Å². The molecule has 6 nitrogen and oxygen atoms in total. The van der Waals surface area contributed by atoms with Gasteiger partial charge in [-0.2, -0.15) is 26.7 Å². The molecule has 0 aliphatic carbocycles. The quantitative estimate of drug-likeness (QED) is 0.687. The topological polar surface area (TPSA) is 84.6 Å². The molecule has 1 heterocycles. The Bertz CT molecular complexity index is 797. The van der Waals surface area contributed by atoms with Gasteiger partial charge in [-0.05, 0) is 25.1 Å². The van der Waals surface area contributed by atoms with Crippen LogP contribution in [-0.2, 0) is 16.2 Å². The standard InChI is InChI=1S/C12H10F3N3O3S/c1-8-5-10(17-21-8)7-16-18-22(19,20)11-4-2-3-9(6-11)12(13,14)15/h2-7,18H,1H3. The first-order chi connectivity index (χ1) is 10.2. The van der Waals surface area contributed by atoms with Crippen LogP contribution in [0.4, 0.5) is 13.2 Å². The zero-order valence-corrected chi connectivity index (χ0v) is 11.9. The van der Waals surface area contributed by atoms with Crippen LogP contribution in [0.1, 0.15) is 17.0 Å². The van der Waals surface area contributed by atoms with Crippen molar-refractivity contribution in [2.75, 3.05) is 0 Å². The van der Waals surface area contributed by atoms with Gasteiger partial charge in [-0.1, -0.05) is 11.2 Å². The van der Waals surface area contributed by atoms with E-state index in [1.165, 1.54) is 6.07 Å². The van der Waals surface area contributed by atoms with E-state index in [9.17, 15) is 21.6 Å². The van der Waals surface area contributed by atoms with E-state index >= 15 is 0 Å². The number of halogens is 3. The molecule has 0 radical (unpaired) electrons. The smallest absolute Gasteiger partial charge is 0.361 e. The van der Waals surface area contributed by atoms with Gasteiger partial charge in [0.25, 0.3) is 10.0 Å². The number of aromatic nitrogens is 1. The Balaban J connectivity index is 2.18. The molecule has 0 aliphatic heterocycles. The van der Waals surface area contributed by atoms with Crippen LogP contribution in [0.15, 0.2) is 44.9 Å². The lowest BCUT2D eigenvalue weighted by molar-refractivity contribution is -0.137. The van der Waals surface area contributed by atoms with E-state index in [0.29, 0.717) is 11.8 Å². The average Bonchev–Trinajstić information content (AvgIpc) is 2.83. The summed E-state index contributed by atoms with van der Waals surface area (Å²) in [5.41, 5.74) is -0.796. The molecule has 1 N–H and O–H groups in total. The highest BCUT2D eigenvalue weighted by Gasteiger charge is 2.31. The van der Waals surface area contributed by atoms with Gasteiger partial charge in [0.2, 0.25) is 0 Å². The van der Waals surface area contributed by atoms with Crippen molar-refractivity contribution < 1.29 is 26.1 Å². The van der Waals surface area contributed by atoms with E-state index in [4.69, 9.17) is 4.52 Å². The number of aryl methyl sites for hydroxylation is 1. The maximum absolute atomic E-state index is 12.6. The van der Waals surface area contributed by atoms with Crippen LogP contribution >= 0.6 is 0 Å². The summed E-state index contributed by atoms with van der Waals surface area (Å²) in [6, 6.07) is 4.84. The fourth-order valence-electron chi connectivity index (χ4n) is 1.50. The Morgan fingerprint density at radius 3 is 2.64 bits per heavy atom. The largest absolute Gasteiger partial charge is 0.416 e. The molecule has 10 heteroatoms. The van der Waals surface area contributed by atoms with Gasteiger partial charge in [0.1, 0.15) is 11.5 Å². The van der Waals surface area contributed by atoms with Gasteiger partial charge in [0.15, 0.2) is 0 Å². The minimum Gasteiger partial charge on any atom is -0.361 e. The lowest BCUT2D eigenvalue weighted by Crippen LogP contribution is -2.19. The Hall–Kier alpha value is -2.36. The van der Waals surface area contributed by atoms with E-state index in [0.717, 1.165) is 24.4 Å². The summed E-state index contributed by atoms with van der Waals surface area (Å²) in [5, 5.41) is 6.97. The van der Waals surface area contributed by atoms with Gasteiger partial charge in [0, 0.05) is 6.07 Å².